The molecule has 1 aromatic rings. The van der Waals surface area contributed by atoms with Gasteiger partial charge in [0.15, 0.2) is 0 Å². The highest BCUT2D eigenvalue weighted by atomic mass is 19.0. The molecule has 0 N–H and O–H groups in total. The molecule has 116 valence electrons. The molecule has 1 aliphatic carbocycles. The van der Waals surface area contributed by atoms with E-state index in [1.54, 1.807) is 7.11 Å². The molecule has 0 fully saturated rings. The smallest absolute Gasteiger partial charge is 0.133 e. The maximum Gasteiger partial charge on any atom is 0.133 e. The molecule has 0 spiro atoms. The number of carbonyl (C=O) groups excluding carboxylic acids is 1. The van der Waals surface area contributed by atoms with E-state index >= 15 is 0 Å². The molecule has 5 heteroatoms. The van der Waals surface area contributed by atoms with Gasteiger partial charge in [-0.3, -0.25) is 14.2 Å². The van der Waals surface area contributed by atoms with Gasteiger partial charge < -0.3 is 4.74 Å². The van der Waals surface area contributed by atoms with Gasteiger partial charge >= 0.3 is 0 Å². The Morgan fingerprint density at radius 3 is 3.05 bits per heavy atom. The summed E-state index contributed by atoms with van der Waals surface area (Å²) in [6.45, 7) is 3.33. The van der Waals surface area contributed by atoms with Crippen molar-refractivity contribution in [2.24, 2.45) is 5.92 Å². The number of methoxy groups -OCH3 is 1. The molecule has 1 aromatic heterocycles. The van der Waals surface area contributed by atoms with Crippen LogP contribution in [0.15, 0.2) is 30.6 Å². The third-order valence-corrected chi connectivity index (χ3v) is 3.53. The highest BCUT2D eigenvalue weighted by Gasteiger charge is 2.14. The van der Waals surface area contributed by atoms with Gasteiger partial charge in [-0.05, 0) is 17.9 Å². The average molecular weight is 294 g/mol. The number of Topliss-reactive ketones (excluding diaryl/α,β-unsaturated/α-hetero) is 1. The lowest BCUT2D eigenvalue weighted by Gasteiger charge is -2.15. The number of ether oxygens (including phenoxy) is 1. The minimum Gasteiger partial charge on any atom is -0.383 e. The van der Waals surface area contributed by atoms with E-state index in [1.165, 1.54) is 0 Å². The third kappa shape index (κ3) is 4.93. The van der Waals surface area contributed by atoms with E-state index in [4.69, 9.17) is 4.74 Å². The predicted octanol–water partition coefficient (Wildman–Crippen LogP) is 3.01. The number of nitrogens with zero attached hydrogens (tertiary/aromatic N) is 2. The number of hydrogen-bond acceptors (Lipinski definition) is 3. The molecular weight excluding hydrogens is 271 g/mol. The maximum absolute atomic E-state index is 11.6. The van der Waals surface area contributed by atoms with Gasteiger partial charge in [-0.15, -0.1) is 0 Å². The summed E-state index contributed by atoms with van der Waals surface area (Å²) in [5.41, 5.74) is 2.26. The topological polar surface area (TPSA) is 44.1 Å². The second-order valence-electron chi connectivity index (χ2n) is 5.10. The summed E-state index contributed by atoms with van der Waals surface area (Å²) in [6, 6.07) is 0. The van der Waals surface area contributed by atoms with Gasteiger partial charge in [0.05, 0.1) is 19.3 Å². The van der Waals surface area contributed by atoms with E-state index in [-0.39, 0.29) is 4.70 Å². The maximum atomic E-state index is 11.6. The van der Waals surface area contributed by atoms with Crippen LogP contribution in [0.3, 0.4) is 0 Å². The Balaban J connectivity index is 0.00000220. The fourth-order valence-electron chi connectivity index (χ4n) is 2.34. The molecule has 0 amide bonds. The first-order valence-electron chi connectivity index (χ1n) is 7.14. The summed E-state index contributed by atoms with van der Waals surface area (Å²) in [7, 11) is 1.69. The molecule has 0 saturated heterocycles. The van der Waals surface area contributed by atoms with Crippen molar-refractivity contribution in [3.05, 3.63) is 36.2 Å². The van der Waals surface area contributed by atoms with Crippen LogP contribution in [0, 0.1) is 5.92 Å². The van der Waals surface area contributed by atoms with Crippen molar-refractivity contribution < 1.29 is 14.2 Å². The van der Waals surface area contributed by atoms with Gasteiger partial charge in [-0.25, -0.2) is 0 Å². The van der Waals surface area contributed by atoms with Gasteiger partial charge in [-0.1, -0.05) is 25.2 Å². The van der Waals surface area contributed by atoms with Crippen molar-refractivity contribution in [1.82, 2.24) is 9.78 Å². The van der Waals surface area contributed by atoms with Crippen LogP contribution in [0.4, 0.5) is 4.70 Å². The standard InChI is InChI=1S/C16H22N2O2.FH/c1-3-16(19)10-13-5-4-6-14(9-13)15-11-17-18(12-15)7-8-20-2;/h4,6,9,11-13H,3,5,7-8,10H2,1-2H3;1H. The molecule has 1 heterocycles. The number of allylic oxidation sites excluding steroid dienone is 4. The van der Waals surface area contributed by atoms with Crippen molar-refractivity contribution in [2.75, 3.05) is 13.7 Å². The first-order valence-corrected chi connectivity index (χ1v) is 7.14. The van der Waals surface area contributed by atoms with Gasteiger partial charge in [0, 0.05) is 31.7 Å². The zero-order valence-corrected chi connectivity index (χ0v) is 12.6. The molecule has 1 aliphatic rings. The molecule has 2 rings (SSSR count). The Kier molecular flexibility index (Phi) is 7.02. The summed E-state index contributed by atoms with van der Waals surface area (Å²) in [6.07, 6.45) is 12.6. The van der Waals surface area contributed by atoms with Gasteiger partial charge in [0.25, 0.3) is 0 Å². The van der Waals surface area contributed by atoms with Crippen LogP contribution in [0.5, 0.6) is 0 Å². The molecule has 1 atom stereocenters. The Hall–Kier alpha value is -1.75. The summed E-state index contributed by atoms with van der Waals surface area (Å²) in [5, 5.41) is 4.33. The van der Waals surface area contributed by atoms with Crippen LogP contribution in [0.25, 0.3) is 5.57 Å². The molecular formula is C16H23FN2O2. The molecule has 0 radical (unpaired) electrons. The Bertz CT molecular complexity index is 520. The molecule has 21 heavy (non-hydrogen) atoms. The van der Waals surface area contributed by atoms with Crippen LogP contribution in [-0.4, -0.2) is 29.3 Å². The van der Waals surface area contributed by atoms with E-state index in [9.17, 15) is 4.79 Å². The van der Waals surface area contributed by atoms with Crippen LogP contribution >= 0.6 is 0 Å². The summed E-state index contributed by atoms with van der Waals surface area (Å²) in [4.78, 5) is 11.6. The quantitative estimate of drug-likeness (QED) is 0.776. The van der Waals surface area contributed by atoms with Crippen molar-refractivity contribution in [2.45, 2.75) is 32.7 Å². The van der Waals surface area contributed by atoms with Gasteiger partial charge in [0.2, 0.25) is 0 Å². The van der Waals surface area contributed by atoms with E-state index < -0.39 is 0 Å². The van der Waals surface area contributed by atoms with Crippen LogP contribution < -0.4 is 0 Å². The number of halogens is 1. The van der Waals surface area contributed by atoms with Crippen molar-refractivity contribution in [3.63, 3.8) is 0 Å². The van der Waals surface area contributed by atoms with Gasteiger partial charge in [0.1, 0.15) is 5.78 Å². The minimum atomic E-state index is 0. The molecule has 0 saturated carbocycles. The molecule has 0 aromatic carbocycles. The van der Waals surface area contributed by atoms with Crippen molar-refractivity contribution >= 4 is 11.4 Å². The lowest BCUT2D eigenvalue weighted by Crippen LogP contribution is -2.07. The highest BCUT2D eigenvalue weighted by Crippen LogP contribution is 2.26. The zero-order valence-electron chi connectivity index (χ0n) is 12.6. The van der Waals surface area contributed by atoms with Gasteiger partial charge in [-0.2, -0.15) is 5.10 Å². The Morgan fingerprint density at radius 1 is 1.52 bits per heavy atom. The van der Waals surface area contributed by atoms with E-state index in [0.717, 1.165) is 24.1 Å². The fourth-order valence-corrected chi connectivity index (χ4v) is 2.34. The Morgan fingerprint density at radius 2 is 2.33 bits per heavy atom. The summed E-state index contributed by atoms with van der Waals surface area (Å²) in [5.74, 6) is 0.654. The first kappa shape index (κ1) is 17.3. The second-order valence-corrected chi connectivity index (χ2v) is 5.10. The fraction of sp³-hybridized carbons (Fsp3) is 0.500. The third-order valence-electron chi connectivity index (χ3n) is 3.53. The van der Waals surface area contributed by atoms with Crippen molar-refractivity contribution in [3.8, 4) is 0 Å². The predicted molar refractivity (Wildman–Crippen MR) is 81.7 cm³/mol. The largest absolute Gasteiger partial charge is 0.383 e. The van der Waals surface area contributed by atoms with E-state index in [1.807, 2.05) is 24.0 Å². The number of hydrogen-bond donors (Lipinski definition) is 0. The normalized spacial score (nSPS) is 17.2. The van der Waals surface area contributed by atoms with Crippen LogP contribution in [-0.2, 0) is 16.1 Å². The molecule has 1 unspecified atom stereocenters. The summed E-state index contributed by atoms with van der Waals surface area (Å²) < 4.78 is 6.93. The lowest BCUT2D eigenvalue weighted by atomic mass is 9.89. The van der Waals surface area contributed by atoms with Crippen LogP contribution in [0.2, 0.25) is 0 Å². The average Bonchev–Trinajstić information content (AvgIpc) is 2.94. The zero-order chi connectivity index (χ0) is 14.4. The Labute approximate surface area is 124 Å². The number of ketones is 1. The molecule has 0 aliphatic heterocycles. The number of aromatic nitrogens is 2. The second kappa shape index (κ2) is 8.52. The molecule has 0 bridgehead atoms. The van der Waals surface area contributed by atoms with Crippen molar-refractivity contribution in [1.29, 1.82) is 0 Å². The minimum absolute atomic E-state index is 0. The number of rotatable bonds is 7. The van der Waals surface area contributed by atoms with E-state index in [0.29, 0.717) is 31.1 Å². The van der Waals surface area contributed by atoms with E-state index in [2.05, 4.69) is 23.3 Å². The monoisotopic (exact) mass is 294 g/mol. The van der Waals surface area contributed by atoms with Crippen LogP contribution in [0.1, 0.15) is 31.7 Å². The summed E-state index contributed by atoms with van der Waals surface area (Å²) >= 11 is 0. The first-order chi connectivity index (χ1) is 9.72. The lowest BCUT2D eigenvalue weighted by molar-refractivity contribution is -0.119. The molecule has 4 nitrogen and oxygen atoms in total. The SMILES string of the molecule is CCC(=O)CC1C=C(c2cnn(CCOC)c2)C=CC1.F. The number of carbonyl (C=O) groups is 1. The highest BCUT2D eigenvalue weighted by molar-refractivity contribution is 5.80.